The molecule has 0 saturated carbocycles. The first-order valence-corrected chi connectivity index (χ1v) is 7.76. The van der Waals surface area contributed by atoms with Crippen LogP contribution in [0.15, 0.2) is 24.4 Å². The second-order valence-electron chi connectivity index (χ2n) is 5.53. The number of carbonyl (C=O) groups excluding carboxylic acids is 1. The van der Waals surface area contributed by atoms with Gasteiger partial charge in [-0.05, 0) is 31.0 Å². The number of benzene rings is 1. The van der Waals surface area contributed by atoms with Crippen LogP contribution in [-0.4, -0.2) is 28.9 Å². The molecule has 0 radical (unpaired) electrons. The Hall–Kier alpha value is -1.97. The quantitative estimate of drug-likeness (QED) is 0.797. The van der Waals surface area contributed by atoms with E-state index >= 15 is 0 Å². The van der Waals surface area contributed by atoms with Crippen LogP contribution in [-0.2, 0) is 0 Å². The third-order valence-electron chi connectivity index (χ3n) is 4.24. The van der Waals surface area contributed by atoms with E-state index in [1.165, 1.54) is 0 Å². The van der Waals surface area contributed by atoms with Crippen molar-refractivity contribution >= 4 is 22.5 Å². The third kappa shape index (κ3) is 3.20. The number of fused-ring (bicyclic) bond motifs is 1. The summed E-state index contributed by atoms with van der Waals surface area (Å²) >= 11 is 0. The van der Waals surface area contributed by atoms with E-state index in [0.29, 0.717) is 11.6 Å². The van der Waals surface area contributed by atoms with Gasteiger partial charge in [-0.25, -0.2) is 0 Å². The molecule has 0 saturated heterocycles. The summed E-state index contributed by atoms with van der Waals surface area (Å²) in [7, 11) is 0. The van der Waals surface area contributed by atoms with Gasteiger partial charge in [-0.1, -0.05) is 26.7 Å². The van der Waals surface area contributed by atoms with Gasteiger partial charge in [0.25, 0.3) is 5.91 Å². The van der Waals surface area contributed by atoms with Gasteiger partial charge in [-0.2, -0.15) is 0 Å². The number of amides is 1. The zero-order valence-electron chi connectivity index (χ0n) is 13.1. The zero-order valence-corrected chi connectivity index (χ0v) is 13.1. The van der Waals surface area contributed by atoms with Gasteiger partial charge in [-0.3, -0.25) is 4.79 Å². The number of nitrogens with two attached hydrogens (primary N) is 1. The van der Waals surface area contributed by atoms with E-state index in [1.807, 2.05) is 30.0 Å². The highest BCUT2D eigenvalue weighted by Crippen LogP contribution is 2.22. The van der Waals surface area contributed by atoms with Crippen molar-refractivity contribution in [1.29, 1.82) is 0 Å². The zero-order chi connectivity index (χ0) is 15.4. The van der Waals surface area contributed by atoms with Crippen LogP contribution in [0.1, 0.15) is 44.0 Å². The van der Waals surface area contributed by atoms with Crippen molar-refractivity contribution in [2.24, 2.45) is 5.92 Å². The topological polar surface area (TPSA) is 62.1 Å². The van der Waals surface area contributed by atoms with Crippen molar-refractivity contribution in [1.82, 2.24) is 9.88 Å². The molecule has 2 rings (SSSR count). The first-order chi connectivity index (χ1) is 10.1. The van der Waals surface area contributed by atoms with Crippen LogP contribution < -0.4 is 5.73 Å². The minimum absolute atomic E-state index is 0.0976. The number of H-pyrrole nitrogens is 1. The number of nitrogens with one attached hydrogen (secondary N) is 1. The van der Waals surface area contributed by atoms with E-state index in [4.69, 9.17) is 5.73 Å². The maximum Gasteiger partial charge on any atom is 0.256 e. The van der Waals surface area contributed by atoms with E-state index < -0.39 is 0 Å². The first-order valence-electron chi connectivity index (χ1n) is 7.76. The summed E-state index contributed by atoms with van der Waals surface area (Å²) in [4.78, 5) is 17.9. The second kappa shape index (κ2) is 6.66. The molecule has 1 aromatic heterocycles. The monoisotopic (exact) mass is 287 g/mol. The Kier molecular flexibility index (Phi) is 4.89. The fourth-order valence-corrected chi connectivity index (χ4v) is 2.71. The summed E-state index contributed by atoms with van der Waals surface area (Å²) < 4.78 is 0. The number of carbonyl (C=O) groups is 1. The third-order valence-corrected chi connectivity index (χ3v) is 4.24. The highest BCUT2D eigenvalue weighted by molar-refractivity contribution is 6.07. The number of aromatic amines is 1. The summed E-state index contributed by atoms with van der Waals surface area (Å²) in [6, 6.07) is 5.62. The Labute approximate surface area is 126 Å². The van der Waals surface area contributed by atoms with E-state index in [0.717, 1.165) is 42.4 Å². The molecule has 114 valence electrons. The fourth-order valence-electron chi connectivity index (χ4n) is 2.71. The minimum Gasteiger partial charge on any atom is -0.399 e. The Bertz CT molecular complexity index is 614. The average Bonchev–Trinajstić information content (AvgIpc) is 2.91. The van der Waals surface area contributed by atoms with Crippen LogP contribution >= 0.6 is 0 Å². The Morgan fingerprint density at radius 3 is 2.62 bits per heavy atom. The molecular weight excluding hydrogens is 262 g/mol. The van der Waals surface area contributed by atoms with Crippen LogP contribution in [0, 0.1) is 5.92 Å². The molecule has 2 aromatic rings. The molecule has 1 amide bonds. The standard InChI is InChI=1S/C17H25N3O/c1-4-12(5-2)11-20(6-3)17(21)15-10-19-16-9-13(18)7-8-14(15)16/h7-10,12,19H,4-6,11,18H2,1-3H3. The van der Waals surface area contributed by atoms with Crippen molar-refractivity contribution < 1.29 is 4.79 Å². The van der Waals surface area contributed by atoms with Gasteiger partial charge in [0, 0.05) is 35.9 Å². The lowest BCUT2D eigenvalue weighted by molar-refractivity contribution is 0.0737. The number of hydrogen-bond donors (Lipinski definition) is 2. The lowest BCUT2D eigenvalue weighted by atomic mass is 10.0. The molecule has 0 fully saturated rings. The van der Waals surface area contributed by atoms with Crippen LogP contribution in [0.25, 0.3) is 10.9 Å². The van der Waals surface area contributed by atoms with Crippen molar-refractivity contribution in [2.45, 2.75) is 33.6 Å². The van der Waals surface area contributed by atoms with Crippen molar-refractivity contribution in [3.05, 3.63) is 30.0 Å². The van der Waals surface area contributed by atoms with Gasteiger partial charge in [0.2, 0.25) is 0 Å². The number of nitrogen functional groups attached to an aromatic ring is 1. The normalized spacial score (nSPS) is 11.2. The summed E-state index contributed by atoms with van der Waals surface area (Å²) in [5.41, 5.74) is 8.13. The highest BCUT2D eigenvalue weighted by atomic mass is 16.2. The van der Waals surface area contributed by atoms with Crippen LogP contribution in [0.3, 0.4) is 0 Å². The molecule has 1 heterocycles. The molecule has 0 aliphatic rings. The molecule has 0 spiro atoms. The van der Waals surface area contributed by atoms with E-state index in [-0.39, 0.29) is 5.91 Å². The molecule has 4 nitrogen and oxygen atoms in total. The van der Waals surface area contributed by atoms with E-state index in [1.54, 1.807) is 6.20 Å². The molecule has 0 bridgehead atoms. The highest BCUT2D eigenvalue weighted by Gasteiger charge is 2.20. The van der Waals surface area contributed by atoms with Gasteiger partial charge in [0.05, 0.1) is 5.56 Å². The smallest absolute Gasteiger partial charge is 0.256 e. The molecule has 4 heteroatoms. The number of aromatic nitrogens is 1. The minimum atomic E-state index is 0.0976. The molecule has 1 aromatic carbocycles. The lowest BCUT2D eigenvalue weighted by Gasteiger charge is -2.25. The van der Waals surface area contributed by atoms with E-state index in [2.05, 4.69) is 18.8 Å². The summed E-state index contributed by atoms with van der Waals surface area (Å²) in [6.45, 7) is 7.95. The van der Waals surface area contributed by atoms with Crippen LogP contribution in [0.2, 0.25) is 0 Å². The predicted octanol–water partition coefficient (Wildman–Crippen LogP) is 3.65. The lowest BCUT2D eigenvalue weighted by Crippen LogP contribution is -2.35. The molecule has 0 aliphatic heterocycles. The van der Waals surface area contributed by atoms with Crippen molar-refractivity contribution in [3.8, 4) is 0 Å². The maximum absolute atomic E-state index is 12.8. The number of hydrogen-bond acceptors (Lipinski definition) is 2. The van der Waals surface area contributed by atoms with Gasteiger partial charge in [-0.15, -0.1) is 0 Å². The first kappa shape index (κ1) is 15.4. The summed E-state index contributed by atoms with van der Waals surface area (Å²) in [6.07, 6.45) is 4.00. The van der Waals surface area contributed by atoms with Gasteiger partial charge < -0.3 is 15.6 Å². The molecule has 21 heavy (non-hydrogen) atoms. The van der Waals surface area contributed by atoms with Gasteiger partial charge >= 0.3 is 0 Å². The summed E-state index contributed by atoms with van der Waals surface area (Å²) in [5, 5.41) is 0.942. The molecule has 0 aliphatic carbocycles. The molecule has 0 unspecified atom stereocenters. The second-order valence-corrected chi connectivity index (χ2v) is 5.53. The predicted molar refractivity (Wildman–Crippen MR) is 88.4 cm³/mol. The van der Waals surface area contributed by atoms with Crippen LogP contribution in [0.4, 0.5) is 5.69 Å². The number of nitrogens with zero attached hydrogens (tertiary/aromatic N) is 1. The maximum atomic E-state index is 12.8. The molecule has 3 N–H and O–H groups in total. The molecule has 0 atom stereocenters. The average molecular weight is 287 g/mol. The number of rotatable bonds is 6. The number of anilines is 1. The fraction of sp³-hybridized carbons (Fsp3) is 0.471. The van der Waals surface area contributed by atoms with Crippen LogP contribution in [0.5, 0.6) is 0 Å². The van der Waals surface area contributed by atoms with Crippen molar-refractivity contribution in [3.63, 3.8) is 0 Å². The van der Waals surface area contributed by atoms with Crippen molar-refractivity contribution in [2.75, 3.05) is 18.8 Å². The Balaban J connectivity index is 2.27. The summed E-state index contributed by atoms with van der Waals surface area (Å²) in [5.74, 6) is 0.662. The Morgan fingerprint density at radius 1 is 1.29 bits per heavy atom. The largest absolute Gasteiger partial charge is 0.399 e. The van der Waals surface area contributed by atoms with Gasteiger partial charge in [0.1, 0.15) is 0 Å². The Morgan fingerprint density at radius 2 is 2.00 bits per heavy atom. The van der Waals surface area contributed by atoms with E-state index in [9.17, 15) is 4.79 Å². The SMILES string of the molecule is CCC(CC)CN(CC)C(=O)c1c[nH]c2cc(N)ccc12. The van der Waals surface area contributed by atoms with Gasteiger partial charge in [0.15, 0.2) is 0 Å². The molecular formula is C17H25N3O.